The second-order valence-corrected chi connectivity index (χ2v) is 6.17. The van der Waals surface area contributed by atoms with Crippen LogP contribution in [-0.4, -0.2) is 15.5 Å². The zero-order valence-electron chi connectivity index (χ0n) is 14.4. The molecule has 1 atom stereocenters. The summed E-state index contributed by atoms with van der Waals surface area (Å²) in [7, 11) is 0. The van der Waals surface area contributed by atoms with Crippen LogP contribution in [0.15, 0.2) is 48.5 Å². The molecule has 4 nitrogen and oxygen atoms in total. The fourth-order valence-electron chi connectivity index (χ4n) is 2.88. The number of carbonyl (C=O) groups excluding carboxylic acids is 1. The molecule has 0 fully saturated rings. The summed E-state index contributed by atoms with van der Waals surface area (Å²) < 4.78 is 2.20. The molecule has 0 aliphatic heterocycles. The number of aromatic nitrogens is 2. The largest absolute Gasteiger partial charge is 0.346 e. The van der Waals surface area contributed by atoms with Crippen molar-refractivity contribution < 1.29 is 4.79 Å². The minimum Gasteiger partial charge on any atom is -0.346 e. The molecule has 3 aromatic rings. The molecule has 3 rings (SSSR count). The van der Waals surface area contributed by atoms with Crippen LogP contribution in [0.25, 0.3) is 11.0 Å². The summed E-state index contributed by atoms with van der Waals surface area (Å²) >= 11 is 0. The third kappa shape index (κ3) is 3.32. The van der Waals surface area contributed by atoms with Crippen LogP contribution in [0.4, 0.5) is 0 Å². The molecule has 0 saturated carbocycles. The summed E-state index contributed by atoms with van der Waals surface area (Å²) in [4.78, 5) is 16.5. The third-order valence-electron chi connectivity index (χ3n) is 4.23. The highest BCUT2D eigenvalue weighted by molar-refractivity contribution is 5.78. The Bertz CT molecular complexity index is 849. The van der Waals surface area contributed by atoms with Crippen molar-refractivity contribution in [3.63, 3.8) is 0 Å². The molecule has 0 unspecified atom stereocenters. The van der Waals surface area contributed by atoms with E-state index in [0.29, 0.717) is 6.42 Å². The summed E-state index contributed by atoms with van der Waals surface area (Å²) in [6.45, 7) is 6.67. The maximum absolute atomic E-state index is 11.8. The van der Waals surface area contributed by atoms with E-state index < -0.39 is 0 Å². The Kier molecular flexibility index (Phi) is 4.65. The molecule has 1 heterocycles. The molecule has 0 radical (unpaired) electrons. The van der Waals surface area contributed by atoms with Crippen LogP contribution < -0.4 is 5.32 Å². The van der Waals surface area contributed by atoms with E-state index in [1.54, 1.807) is 0 Å². The van der Waals surface area contributed by atoms with Gasteiger partial charge in [-0.2, -0.15) is 0 Å². The van der Waals surface area contributed by atoms with E-state index in [1.807, 2.05) is 32.0 Å². The minimum absolute atomic E-state index is 0.0384. The van der Waals surface area contributed by atoms with Crippen molar-refractivity contribution in [1.82, 2.24) is 14.9 Å². The van der Waals surface area contributed by atoms with Gasteiger partial charge in [-0.15, -0.1) is 0 Å². The Morgan fingerprint density at radius 2 is 1.88 bits per heavy atom. The smallest absolute Gasteiger partial charge is 0.220 e. The number of para-hydroxylation sites is 2. The fourth-order valence-corrected chi connectivity index (χ4v) is 2.88. The van der Waals surface area contributed by atoms with Gasteiger partial charge in [0.15, 0.2) is 0 Å². The molecule has 4 heteroatoms. The Balaban J connectivity index is 2.01. The van der Waals surface area contributed by atoms with Crippen LogP contribution in [0.3, 0.4) is 0 Å². The summed E-state index contributed by atoms with van der Waals surface area (Å²) in [5, 5.41) is 3.02. The maximum Gasteiger partial charge on any atom is 0.220 e. The molecule has 1 amide bonds. The van der Waals surface area contributed by atoms with Gasteiger partial charge >= 0.3 is 0 Å². The molecule has 124 valence electrons. The van der Waals surface area contributed by atoms with Gasteiger partial charge in [-0.05, 0) is 31.5 Å². The molecule has 0 bridgehead atoms. The second-order valence-electron chi connectivity index (χ2n) is 6.17. The zero-order valence-corrected chi connectivity index (χ0v) is 14.4. The number of amides is 1. The van der Waals surface area contributed by atoms with Crippen LogP contribution in [-0.2, 0) is 11.3 Å². The molecule has 1 N–H and O–H groups in total. The van der Waals surface area contributed by atoms with E-state index in [2.05, 4.69) is 47.1 Å². The molecule has 1 aromatic heterocycles. The van der Waals surface area contributed by atoms with E-state index >= 15 is 0 Å². The van der Waals surface area contributed by atoms with Crippen LogP contribution in [0.2, 0.25) is 0 Å². The van der Waals surface area contributed by atoms with Gasteiger partial charge in [0.25, 0.3) is 0 Å². The number of imidazole rings is 1. The molecule has 24 heavy (non-hydrogen) atoms. The molecule has 0 aliphatic rings. The Morgan fingerprint density at radius 3 is 2.58 bits per heavy atom. The number of hydrogen-bond donors (Lipinski definition) is 1. The molecule has 0 saturated heterocycles. The normalized spacial score (nSPS) is 12.3. The van der Waals surface area contributed by atoms with Crippen molar-refractivity contribution in [2.45, 2.75) is 39.8 Å². The van der Waals surface area contributed by atoms with Gasteiger partial charge in [0.05, 0.1) is 17.1 Å². The van der Waals surface area contributed by atoms with Crippen molar-refractivity contribution in [2.24, 2.45) is 0 Å². The average molecular weight is 321 g/mol. The van der Waals surface area contributed by atoms with Crippen molar-refractivity contribution in [1.29, 1.82) is 0 Å². The van der Waals surface area contributed by atoms with Crippen LogP contribution in [0.5, 0.6) is 0 Å². The SMILES string of the molecule is CCC(=O)N[C@@H](C)c1nc2ccccc2n1Cc1ccc(C)cc1. The lowest BCUT2D eigenvalue weighted by Gasteiger charge is -2.16. The number of fused-ring (bicyclic) bond motifs is 1. The minimum atomic E-state index is -0.129. The Hall–Kier alpha value is -2.62. The highest BCUT2D eigenvalue weighted by Gasteiger charge is 2.18. The number of hydrogen-bond acceptors (Lipinski definition) is 2. The van der Waals surface area contributed by atoms with Crippen LogP contribution in [0, 0.1) is 6.92 Å². The number of aryl methyl sites for hydroxylation is 1. The van der Waals surface area contributed by atoms with Gasteiger partial charge in [0.2, 0.25) is 5.91 Å². The Morgan fingerprint density at radius 1 is 1.17 bits per heavy atom. The standard InChI is InChI=1S/C20H23N3O/c1-4-19(24)21-15(3)20-22-17-7-5-6-8-18(17)23(20)13-16-11-9-14(2)10-12-16/h5-12,15H,4,13H2,1-3H3,(H,21,24)/t15-/m0/s1. The third-order valence-corrected chi connectivity index (χ3v) is 4.23. The van der Waals surface area contributed by atoms with Gasteiger partial charge in [-0.25, -0.2) is 4.98 Å². The van der Waals surface area contributed by atoms with Gasteiger partial charge in [-0.3, -0.25) is 4.79 Å². The first-order valence-corrected chi connectivity index (χ1v) is 8.38. The highest BCUT2D eigenvalue weighted by atomic mass is 16.1. The van der Waals surface area contributed by atoms with E-state index in [-0.39, 0.29) is 11.9 Å². The van der Waals surface area contributed by atoms with E-state index in [1.165, 1.54) is 11.1 Å². The first-order valence-electron chi connectivity index (χ1n) is 8.38. The predicted octanol–water partition coefficient (Wildman–Crippen LogP) is 3.98. The summed E-state index contributed by atoms with van der Waals surface area (Å²) in [5.74, 6) is 0.926. The van der Waals surface area contributed by atoms with E-state index in [4.69, 9.17) is 4.98 Å². The molecule has 2 aromatic carbocycles. The van der Waals surface area contributed by atoms with Crippen molar-refractivity contribution in [2.75, 3.05) is 0 Å². The number of rotatable bonds is 5. The van der Waals surface area contributed by atoms with Crippen molar-refractivity contribution >= 4 is 16.9 Å². The highest BCUT2D eigenvalue weighted by Crippen LogP contribution is 2.22. The summed E-state index contributed by atoms with van der Waals surface area (Å²) in [6.07, 6.45) is 0.475. The first kappa shape index (κ1) is 16.2. The van der Waals surface area contributed by atoms with Crippen molar-refractivity contribution in [3.8, 4) is 0 Å². The lowest BCUT2D eigenvalue weighted by atomic mass is 10.1. The van der Waals surface area contributed by atoms with Gasteiger partial charge in [0, 0.05) is 13.0 Å². The summed E-state index contributed by atoms with van der Waals surface area (Å²) in [6, 6.07) is 16.5. The van der Waals surface area contributed by atoms with Crippen LogP contribution in [0.1, 0.15) is 43.3 Å². The topological polar surface area (TPSA) is 46.9 Å². The van der Waals surface area contributed by atoms with E-state index in [0.717, 1.165) is 23.4 Å². The molecular weight excluding hydrogens is 298 g/mol. The first-order chi connectivity index (χ1) is 11.6. The van der Waals surface area contributed by atoms with Crippen LogP contribution >= 0.6 is 0 Å². The molecule has 0 spiro atoms. The zero-order chi connectivity index (χ0) is 17.1. The quantitative estimate of drug-likeness (QED) is 0.772. The average Bonchev–Trinajstić information content (AvgIpc) is 2.95. The number of benzene rings is 2. The Labute approximate surface area is 142 Å². The predicted molar refractivity (Wildman–Crippen MR) is 96.9 cm³/mol. The van der Waals surface area contributed by atoms with E-state index in [9.17, 15) is 4.79 Å². The fraction of sp³-hybridized carbons (Fsp3) is 0.300. The lowest BCUT2D eigenvalue weighted by Crippen LogP contribution is -2.28. The maximum atomic E-state index is 11.8. The number of nitrogens with one attached hydrogen (secondary N) is 1. The number of nitrogens with zero attached hydrogens (tertiary/aromatic N) is 2. The lowest BCUT2D eigenvalue weighted by molar-refractivity contribution is -0.121. The van der Waals surface area contributed by atoms with Gasteiger partial charge < -0.3 is 9.88 Å². The van der Waals surface area contributed by atoms with Gasteiger partial charge in [-0.1, -0.05) is 48.9 Å². The monoisotopic (exact) mass is 321 g/mol. The second kappa shape index (κ2) is 6.87. The van der Waals surface area contributed by atoms with Crippen molar-refractivity contribution in [3.05, 3.63) is 65.5 Å². The van der Waals surface area contributed by atoms with Gasteiger partial charge in [0.1, 0.15) is 5.82 Å². The molecule has 0 aliphatic carbocycles. The molecular formula is C20H23N3O. The summed E-state index contributed by atoms with van der Waals surface area (Å²) in [5.41, 5.74) is 4.51. The number of carbonyl (C=O) groups is 1.